The average Bonchev–Trinajstić information content (AvgIpc) is 2.66. The van der Waals surface area contributed by atoms with Crippen LogP contribution in [-0.2, 0) is 0 Å². The largest absolute Gasteiger partial charge is 0.185 e. The maximum absolute atomic E-state index is 8.89. The summed E-state index contributed by atoms with van der Waals surface area (Å²) >= 11 is 1.33. The third-order valence-corrected chi connectivity index (χ3v) is 3.80. The number of rotatable bonds is 1. The van der Waals surface area contributed by atoms with Crippen LogP contribution >= 0.6 is 11.8 Å². The monoisotopic (exact) mass is 223 g/mol. The zero-order chi connectivity index (χ0) is 11.0. The van der Waals surface area contributed by atoms with Crippen LogP contribution in [0.1, 0.15) is 16.4 Å². The van der Waals surface area contributed by atoms with E-state index in [1.165, 1.54) is 34.0 Å². The summed E-state index contributed by atoms with van der Waals surface area (Å²) in [5.41, 5.74) is 5.06. The van der Waals surface area contributed by atoms with Crippen molar-refractivity contribution in [3.8, 4) is 16.5 Å². The van der Waals surface area contributed by atoms with Gasteiger partial charge in [0.15, 0.2) is 0 Å². The van der Waals surface area contributed by atoms with E-state index in [0.717, 1.165) is 0 Å². The van der Waals surface area contributed by atoms with Crippen LogP contribution in [0.25, 0.3) is 11.1 Å². The van der Waals surface area contributed by atoms with E-state index in [4.69, 9.17) is 5.26 Å². The summed E-state index contributed by atoms with van der Waals surface area (Å²) in [6.45, 7) is 0. The first-order valence-corrected chi connectivity index (χ1v) is 6.03. The van der Waals surface area contributed by atoms with E-state index in [2.05, 4.69) is 41.8 Å². The van der Waals surface area contributed by atoms with Crippen molar-refractivity contribution in [1.82, 2.24) is 0 Å². The van der Waals surface area contributed by atoms with Gasteiger partial charge in [-0.15, -0.1) is 0 Å². The molecule has 0 fully saturated rings. The fraction of sp³-hybridized carbons (Fsp3) is 0.0714. The fourth-order valence-corrected chi connectivity index (χ4v) is 3.06. The zero-order valence-corrected chi connectivity index (χ0v) is 9.37. The van der Waals surface area contributed by atoms with Gasteiger partial charge in [0.1, 0.15) is 5.40 Å². The van der Waals surface area contributed by atoms with Crippen LogP contribution in [0.4, 0.5) is 0 Å². The fourth-order valence-electron chi connectivity index (χ4n) is 2.29. The molecule has 0 amide bonds. The third-order valence-electron chi connectivity index (χ3n) is 2.95. The van der Waals surface area contributed by atoms with Crippen molar-refractivity contribution in [3.05, 3.63) is 59.7 Å². The molecule has 2 aromatic rings. The van der Waals surface area contributed by atoms with Crippen LogP contribution in [0.2, 0.25) is 0 Å². The highest BCUT2D eigenvalue weighted by molar-refractivity contribution is 8.04. The SMILES string of the molecule is N#CSC1c2ccccc2-c2ccccc21. The Morgan fingerprint density at radius 3 is 1.88 bits per heavy atom. The first-order valence-electron chi connectivity index (χ1n) is 5.15. The van der Waals surface area contributed by atoms with E-state index < -0.39 is 0 Å². The molecular weight excluding hydrogens is 214 g/mol. The molecule has 0 N–H and O–H groups in total. The molecule has 1 nitrogen and oxygen atoms in total. The minimum atomic E-state index is 0.178. The van der Waals surface area contributed by atoms with Crippen molar-refractivity contribution in [1.29, 1.82) is 5.26 Å². The highest BCUT2D eigenvalue weighted by Gasteiger charge is 2.28. The van der Waals surface area contributed by atoms with Gasteiger partial charge in [-0.2, -0.15) is 5.26 Å². The minimum absolute atomic E-state index is 0.178. The number of fused-ring (bicyclic) bond motifs is 3. The van der Waals surface area contributed by atoms with Gasteiger partial charge in [-0.3, -0.25) is 0 Å². The molecule has 0 saturated carbocycles. The molecule has 1 aliphatic rings. The van der Waals surface area contributed by atoms with E-state index in [9.17, 15) is 0 Å². The summed E-state index contributed by atoms with van der Waals surface area (Å²) in [7, 11) is 0. The molecule has 3 rings (SSSR count). The Balaban J connectivity index is 2.26. The van der Waals surface area contributed by atoms with Crippen LogP contribution in [0.5, 0.6) is 0 Å². The van der Waals surface area contributed by atoms with Gasteiger partial charge >= 0.3 is 0 Å². The van der Waals surface area contributed by atoms with E-state index >= 15 is 0 Å². The van der Waals surface area contributed by atoms with E-state index in [1.54, 1.807) is 0 Å². The molecule has 0 unspecified atom stereocenters. The molecule has 0 atom stereocenters. The molecule has 76 valence electrons. The van der Waals surface area contributed by atoms with Crippen LogP contribution < -0.4 is 0 Å². The Morgan fingerprint density at radius 2 is 1.38 bits per heavy atom. The first-order chi connectivity index (χ1) is 7.92. The lowest BCUT2D eigenvalue weighted by Crippen LogP contribution is -1.88. The molecule has 2 heteroatoms. The van der Waals surface area contributed by atoms with Gasteiger partial charge in [-0.1, -0.05) is 48.5 Å². The number of benzene rings is 2. The van der Waals surface area contributed by atoms with Gasteiger partial charge in [-0.05, 0) is 34.0 Å². The molecule has 0 radical (unpaired) electrons. The molecule has 0 spiro atoms. The van der Waals surface area contributed by atoms with Crippen molar-refractivity contribution < 1.29 is 0 Å². The van der Waals surface area contributed by atoms with Gasteiger partial charge in [0.2, 0.25) is 0 Å². The summed E-state index contributed by atoms with van der Waals surface area (Å²) in [5, 5.41) is 11.3. The van der Waals surface area contributed by atoms with Gasteiger partial charge in [0.05, 0.1) is 5.25 Å². The molecule has 0 bridgehead atoms. The molecule has 2 aromatic carbocycles. The molecule has 0 aromatic heterocycles. The van der Waals surface area contributed by atoms with Gasteiger partial charge in [-0.25, -0.2) is 0 Å². The number of thiocyanates is 1. The number of hydrogen-bond acceptors (Lipinski definition) is 2. The molecule has 0 heterocycles. The van der Waals surface area contributed by atoms with Crippen LogP contribution in [0.3, 0.4) is 0 Å². The number of thioether (sulfide) groups is 1. The van der Waals surface area contributed by atoms with Crippen molar-refractivity contribution in [2.24, 2.45) is 0 Å². The van der Waals surface area contributed by atoms with E-state index in [0.29, 0.717) is 0 Å². The first kappa shape index (κ1) is 9.50. The zero-order valence-electron chi connectivity index (χ0n) is 8.55. The normalized spacial score (nSPS) is 12.9. The highest BCUT2D eigenvalue weighted by atomic mass is 32.2. The Hall–Kier alpha value is -1.72. The summed E-state index contributed by atoms with van der Waals surface area (Å²) in [6, 6.07) is 16.7. The molecule has 1 aliphatic carbocycles. The number of nitrogens with zero attached hydrogens (tertiary/aromatic N) is 1. The summed E-state index contributed by atoms with van der Waals surface area (Å²) in [4.78, 5) is 0. The van der Waals surface area contributed by atoms with Crippen molar-refractivity contribution in [3.63, 3.8) is 0 Å². The molecular formula is C14H9NS. The van der Waals surface area contributed by atoms with Crippen LogP contribution in [0.15, 0.2) is 48.5 Å². The number of nitriles is 1. The van der Waals surface area contributed by atoms with Crippen LogP contribution in [0, 0.1) is 10.7 Å². The second kappa shape index (κ2) is 3.70. The lowest BCUT2D eigenvalue weighted by atomic mass is 10.1. The smallest absolute Gasteiger partial charge is 0.134 e. The van der Waals surface area contributed by atoms with Crippen molar-refractivity contribution in [2.45, 2.75) is 5.25 Å². The van der Waals surface area contributed by atoms with E-state index in [1.807, 2.05) is 12.1 Å². The maximum Gasteiger partial charge on any atom is 0.134 e. The van der Waals surface area contributed by atoms with Crippen molar-refractivity contribution in [2.75, 3.05) is 0 Å². The average molecular weight is 223 g/mol. The Kier molecular flexibility index (Phi) is 2.19. The topological polar surface area (TPSA) is 23.8 Å². The summed E-state index contributed by atoms with van der Waals surface area (Å²) in [5.74, 6) is 0. The molecule has 0 saturated heterocycles. The standard InChI is InChI=1S/C14H9NS/c15-9-16-14-12-7-3-1-5-10(12)11-6-2-4-8-13(11)14/h1-8,14H. The Bertz CT molecular complexity index is 538. The van der Waals surface area contributed by atoms with Gasteiger partial charge in [0.25, 0.3) is 0 Å². The lowest BCUT2D eigenvalue weighted by molar-refractivity contribution is 1.23. The van der Waals surface area contributed by atoms with Gasteiger partial charge in [0, 0.05) is 0 Å². The Labute approximate surface area is 98.7 Å². The van der Waals surface area contributed by atoms with Crippen molar-refractivity contribution >= 4 is 11.8 Å². The van der Waals surface area contributed by atoms with E-state index in [-0.39, 0.29) is 5.25 Å². The summed E-state index contributed by atoms with van der Waals surface area (Å²) in [6.07, 6.45) is 0. The van der Waals surface area contributed by atoms with Gasteiger partial charge < -0.3 is 0 Å². The number of hydrogen-bond donors (Lipinski definition) is 0. The third kappa shape index (κ3) is 1.26. The lowest BCUT2D eigenvalue weighted by Gasteiger charge is -2.06. The quantitative estimate of drug-likeness (QED) is 0.683. The second-order valence-corrected chi connectivity index (χ2v) is 4.65. The minimum Gasteiger partial charge on any atom is -0.185 e. The highest BCUT2D eigenvalue weighted by Crippen LogP contribution is 2.49. The summed E-state index contributed by atoms with van der Waals surface area (Å²) < 4.78 is 0. The Morgan fingerprint density at radius 1 is 0.875 bits per heavy atom. The predicted molar refractivity (Wildman–Crippen MR) is 66.9 cm³/mol. The second-order valence-electron chi connectivity index (χ2n) is 3.76. The van der Waals surface area contributed by atoms with Crippen LogP contribution in [-0.4, -0.2) is 0 Å². The maximum atomic E-state index is 8.89. The predicted octanol–water partition coefficient (Wildman–Crippen LogP) is 3.97. The molecule has 0 aliphatic heterocycles. The molecule has 16 heavy (non-hydrogen) atoms.